The predicted octanol–water partition coefficient (Wildman–Crippen LogP) is 0.689. The van der Waals surface area contributed by atoms with E-state index in [0.29, 0.717) is 0 Å². The summed E-state index contributed by atoms with van der Waals surface area (Å²) in [5.41, 5.74) is -0.525. The quantitative estimate of drug-likeness (QED) is 0.703. The molecular formula is C11H24N2O. The maximum atomic E-state index is 9.64. The van der Waals surface area contributed by atoms with Crippen molar-refractivity contribution in [2.45, 2.75) is 32.8 Å². The van der Waals surface area contributed by atoms with E-state index in [2.05, 4.69) is 17.1 Å². The zero-order valence-corrected chi connectivity index (χ0v) is 9.71. The topological polar surface area (TPSA) is 35.5 Å². The van der Waals surface area contributed by atoms with Crippen molar-refractivity contribution >= 4 is 0 Å². The molecule has 1 fully saturated rings. The molecule has 3 heteroatoms. The first kappa shape index (κ1) is 12.0. The van der Waals surface area contributed by atoms with Crippen molar-refractivity contribution in [1.29, 1.82) is 0 Å². The summed E-state index contributed by atoms with van der Waals surface area (Å²) in [4.78, 5) is 2.45. The van der Waals surface area contributed by atoms with Crippen molar-refractivity contribution in [1.82, 2.24) is 10.2 Å². The molecule has 1 aliphatic heterocycles. The van der Waals surface area contributed by atoms with E-state index in [1.807, 2.05) is 13.8 Å². The number of hydrogen-bond acceptors (Lipinski definition) is 3. The molecular weight excluding hydrogens is 176 g/mol. The van der Waals surface area contributed by atoms with Gasteiger partial charge in [0, 0.05) is 26.2 Å². The summed E-state index contributed by atoms with van der Waals surface area (Å²) in [6, 6.07) is 0. The average molecular weight is 200 g/mol. The number of rotatable bonds is 3. The van der Waals surface area contributed by atoms with Crippen molar-refractivity contribution in [2.75, 3.05) is 32.7 Å². The van der Waals surface area contributed by atoms with E-state index in [4.69, 9.17) is 0 Å². The molecule has 0 aromatic rings. The fourth-order valence-electron chi connectivity index (χ4n) is 1.82. The number of aliphatic hydroxyl groups is 1. The summed E-state index contributed by atoms with van der Waals surface area (Å²) in [5, 5.41) is 13.1. The van der Waals surface area contributed by atoms with Gasteiger partial charge in [-0.1, -0.05) is 6.92 Å². The van der Waals surface area contributed by atoms with Gasteiger partial charge in [-0.2, -0.15) is 0 Å². The Balaban J connectivity index is 2.28. The van der Waals surface area contributed by atoms with Gasteiger partial charge in [0.2, 0.25) is 0 Å². The largest absolute Gasteiger partial charge is 0.390 e. The molecule has 0 spiro atoms. The highest BCUT2D eigenvalue weighted by molar-refractivity contribution is 4.74. The van der Waals surface area contributed by atoms with Gasteiger partial charge in [0.1, 0.15) is 0 Å². The smallest absolute Gasteiger partial charge is 0.0603 e. The summed E-state index contributed by atoms with van der Waals surface area (Å²) >= 11 is 0. The van der Waals surface area contributed by atoms with Gasteiger partial charge in [-0.15, -0.1) is 0 Å². The first-order valence-corrected chi connectivity index (χ1v) is 5.63. The second kappa shape index (κ2) is 5.10. The van der Waals surface area contributed by atoms with Crippen LogP contribution in [0.15, 0.2) is 0 Å². The standard InChI is InChI=1S/C11H24N2O/c1-10-8-12-5-7-13(9-10)6-4-11(2,3)14/h10,12,14H,4-9H2,1-3H3. The minimum absolute atomic E-state index is 0.525. The van der Waals surface area contributed by atoms with Gasteiger partial charge in [-0.25, -0.2) is 0 Å². The second-order valence-corrected chi connectivity index (χ2v) is 5.17. The van der Waals surface area contributed by atoms with Crippen LogP contribution in [0.5, 0.6) is 0 Å². The molecule has 0 radical (unpaired) electrons. The van der Waals surface area contributed by atoms with Crippen LogP contribution < -0.4 is 5.32 Å². The molecule has 1 rings (SSSR count). The number of hydrogen-bond donors (Lipinski definition) is 2. The Morgan fingerprint density at radius 1 is 1.50 bits per heavy atom. The molecule has 3 nitrogen and oxygen atoms in total. The minimum Gasteiger partial charge on any atom is -0.390 e. The average Bonchev–Trinajstić information content (AvgIpc) is 2.25. The summed E-state index contributed by atoms with van der Waals surface area (Å²) in [5.74, 6) is 0.722. The maximum absolute atomic E-state index is 9.64. The van der Waals surface area contributed by atoms with Crippen molar-refractivity contribution in [2.24, 2.45) is 5.92 Å². The van der Waals surface area contributed by atoms with Crippen LogP contribution >= 0.6 is 0 Å². The van der Waals surface area contributed by atoms with Crippen LogP contribution in [0.3, 0.4) is 0 Å². The van der Waals surface area contributed by atoms with Gasteiger partial charge >= 0.3 is 0 Å². The first-order chi connectivity index (χ1) is 6.47. The van der Waals surface area contributed by atoms with Crippen LogP contribution in [0.4, 0.5) is 0 Å². The molecule has 1 unspecified atom stereocenters. The highest BCUT2D eigenvalue weighted by Crippen LogP contribution is 2.10. The van der Waals surface area contributed by atoms with Gasteiger partial charge in [-0.3, -0.25) is 0 Å². The highest BCUT2D eigenvalue weighted by atomic mass is 16.3. The molecule has 0 saturated carbocycles. The lowest BCUT2D eigenvalue weighted by Gasteiger charge is -2.25. The predicted molar refractivity (Wildman–Crippen MR) is 59.4 cm³/mol. The molecule has 2 N–H and O–H groups in total. The molecule has 14 heavy (non-hydrogen) atoms. The molecule has 0 aromatic heterocycles. The molecule has 1 atom stereocenters. The third-order valence-corrected chi connectivity index (χ3v) is 2.71. The van der Waals surface area contributed by atoms with Crippen LogP contribution in [-0.2, 0) is 0 Å². The molecule has 1 heterocycles. The normalized spacial score (nSPS) is 26.1. The van der Waals surface area contributed by atoms with E-state index >= 15 is 0 Å². The van der Waals surface area contributed by atoms with Crippen molar-refractivity contribution in [3.8, 4) is 0 Å². The van der Waals surface area contributed by atoms with Crippen LogP contribution in [0.2, 0.25) is 0 Å². The number of nitrogens with zero attached hydrogens (tertiary/aromatic N) is 1. The first-order valence-electron chi connectivity index (χ1n) is 5.63. The summed E-state index contributed by atoms with van der Waals surface area (Å²) in [6.45, 7) is 11.5. The Bertz CT molecular complexity index is 165. The van der Waals surface area contributed by atoms with Crippen molar-refractivity contribution in [3.63, 3.8) is 0 Å². The van der Waals surface area contributed by atoms with Crippen molar-refractivity contribution < 1.29 is 5.11 Å². The molecule has 1 saturated heterocycles. The summed E-state index contributed by atoms with van der Waals surface area (Å²) in [7, 11) is 0. The SMILES string of the molecule is CC1CNCCN(CCC(C)(C)O)C1. The molecule has 0 aliphatic carbocycles. The Morgan fingerprint density at radius 3 is 2.86 bits per heavy atom. The summed E-state index contributed by atoms with van der Waals surface area (Å²) in [6.07, 6.45) is 0.861. The molecule has 84 valence electrons. The van der Waals surface area contributed by atoms with Gasteiger partial charge in [0.15, 0.2) is 0 Å². The lowest BCUT2D eigenvalue weighted by atomic mass is 10.1. The van der Waals surface area contributed by atoms with E-state index in [-0.39, 0.29) is 0 Å². The Morgan fingerprint density at radius 2 is 2.21 bits per heavy atom. The van der Waals surface area contributed by atoms with E-state index < -0.39 is 5.60 Å². The Kier molecular flexibility index (Phi) is 4.35. The monoisotopic (exact) mass is 200 g/mol. The van der Waals surface area contributed by atoms with Crippen LogP contribution in [0, 0.1) is 5.92 Å². The third-order valence-electron chi connectivity index (χ3n) is 2.71. The zero-order chi connectivity index (χ0) is 10.6. The van der Waals surface area contributed by atoms with Gasteiger partial charge in [-0.05, 0) is 32.7 Å². The van der Waals surface area contributed by atoms with Gasteiger partial charge < -0.3 is 15.3 Å². The third kappa shape index (κ3) is 4.94. The fourth-order valence-corrected chi connectivity index (χ4v) is 1.82. The highest BCUT2D eigenvalue weighted by Gasteiger charge is 2.18. The molecule has 0 bridgehead atoms. The Hall–Kier alpha value is -0.120. The van der Waals surface area contributed by atoms with E-state index in [0.717, 1.165) is 45.1 Å². The Labute approximate surface area is 87.5 Å². The second-order valence-electron chi connectivity index (χ2n) is 5.17. The van der Waals surface area contributed by atoms with Crippen LogP contribution in [0.1, 0.15) is 27.2 Å². The van der Waals surface area contributed by atoms with E-state index in [9.17, 15) is 5.11 Å². The molecule has 1 aliphatic rings. The molecule has 0 amide bonds. The lowest BCUT2D eigenvalue weighted by Crippen LogP contribution is -2.34. The summed E-state index contributed by atoms with van der Waals surface area (Å²) < 4.78 is 0. The number of nitrogens with one attached hydrogen (secondary N) is 1. The van der Waals surface area contributed by atoms with Crippen LogP contribution in [-0.4, -0.2) is 48.3 Å². The van der Waals surface area contributed by atoms with Gasteiger partial charge in [0.05, 0.1) is 5.60 Å². The van der Waals surface area contributed by atoms with Crippen LogP contribution in [0.25, 0.3) is 0 Å². The van der Waals surface area contributed by atoms with Crippen molar-refractivity contribution in [3.05, 3.63) is 0 Å². The fraction of sp³-hybridized carbons (Fsp3) is 1.00. The maximum Gasteiger partial charge on any atom is 0.0603 e. The van der Waals surface area contributed by atoms with E-state index in [1.54, 1.807) is 0 Å². The molecule has 0 aromatic carbocycles. The lowest BCUT2D eigenvalue weighted by molar-refractivity contribution is 0.0572. The van der Waals surface area contributed by atoms with E-state index in [1.165, 1.54) is 0 Å². The minimum atomic E-state index is -0.525. The zero-order valence-electron chi connectivity index (χ0n) is 9.71. The van der Waals surface area contributed by atoms with Gasteiger partial charge in [0.25, 0.3) is 0 Å².